The first-order valence-electron chi connectivity index (χ1n) is 9.27. The molecule has 0 aliphatic heterocycles. The molecular weight excluding hydrogens is 411 g/mol. The van der Waals surface area contributed by atoms with E-state index in [1.165, 1.54) is 0 Å². The fourth-order valence-corrected chi connectivity index (χ4v) is 2.96. The summed E-state index contributed by atoms with van der Waals surface area (Å²) in [7, 11) is 1.56. The zero-order valence-electron chi connectivity index (χ0n) is 16.8. The minimum atomic E-state index is -4.59. The van der Waals surface area contributed by atoms with Crippen molar-refractivity contribution < 1.29 is 17.9 Å². The van der Waals surface area contributed by atoms with Gasteiger partial charge >= 0.3 is 6.18 Å². The lowest BCUT2D eigenvalue weighted by molar-refractivity contribution is -0.145. The van der Waals surface area contributed by atoms with Crippen molar-refractivity contribution in [2.24, 2.45) is 0 Å². The van der Waals surface area contributed by atoms with Crippen LogP contribution in [0.1, 0.15) is 29.9 Å². The number of hydrogen-bond donors (Lipinski definition) is 1. The summed E-state index contributed by atoms with van der Waals surface area (Å²) in [5.41, 5.74) is 2.04. The third-order valence-corrected chi connectivity index (χ3v) is 4.59. The second kappa shape index (κ2) is 7.82. The topological polar surface area (TPSA) is 90.6 Å². The van der Waals surface area contributed by atoms with Crippen LogP contribution in [0.25, 0.3) is 16.9 Å². The maximum atomic E-state index is 12.7. The molecule has 1 N–H and O–H groups in total. The number of aromatic nitrogens is 6. The van der Waals surface area contributed by atoms with Crippen LogP contribution in [0.5, 0.6) is 5.75 Å². The first-order chi connectivity index (χ1) is 14.7. The van der Waals surface area contributed by atoms with Crippen molar-refractivity contribution in [1.29, 1.82) is 0 Å². The van der Waals surface area contributed by atoms with E-state index < -0.39 is 18.0 Å². The van der Waals surface area contributed by atoms with E-state index in [-0.39, 0.29) is 0 Å². The predicted molar refractivity (Wildman–Crippen MR) is 107 cm³/mol. The Morgan fingerprint density at radius 1 is 1.10 bits per heavy atom. The highest BCUT2D eigenvalue weighted by Gasteiger charge is 2.34. The van der Waals surface area contributed by atoms with Gasteiger partial charge in [-0.2, -0.15) is 23.3 Å². The number of alkyl halides is 3. The highest BCUT2D eigenvalue weighted by atomic mass is 19.4. The van der Waals surface area contributed by atoms with Crippen LogP contribution in [-0.2, 0) is 6.18 Å². The van der Waals surface area contributed by atoms with E-state index in [0.29, 0.717) is 34.0 Å². The molecule has 4 aromatic rings. The zero-order valence-corrected chi connectivity index (χ0v) is 16.8. The van der Waals surface area contributed by atoms with Crippen LogP contribution >= 0.6 is 0 Å². The Hall–Kier alpha value is -3.76. The molecule has 1 aromatic carbocycles. The number of halogens is 3. The van der Waals surface area contributed by atoms with Gasteiger partial charge in [-0.1, -0.05) is 0 Å². The Kier molecular flexibility index (Phi) is 5.17. The second-order valence-electron chi connectivity index (χ2n) is 6.92. The third-order valence-electron chi connectivity index (χ3n) is 4.59. The molecule has 0 amide bonds. The predicted octanol–water partition coefficient (Wildman–Crippen LogP) is 4.11. The zero-order chi connectivity index (χ0) is 22.2. The second-order valence-corrected chi connectivity index (χ2v) is 6.92. The van der Waals surface area contributed by atoms with Gasteiger partial charge in [0.2, 0.25) is 5.82 Å². The van der Waals surface area contributed by atoms with Crippen LogP contribution in [0.2, 0.25) is 0 Å². The summed E-state index contributed by atoms with van der Waals surface area (Å²) >= 11 is 0. The van der Waals surface area contributed by atoms with Crippen molar-refractivity contribution in [3.8, 4) is 11.7 Å². The van der Waals surface area contributed by atoms with Crippen molar-refractivity contribution >= 4 is 16.7 Å². The fraction of sp³-hybridized carbons (Fsp3) is 0.250. The minimum Gasteiger partial charge on any atom is -0.497 e. The largest absolute Gasteiger partial charge is 0.497 e. The van der Waals surface area contributed by atoms with E-state index in [9.17, 15) is 13.2 Å². The van der Waals surface area contributed by atoms with Crippen LogP contribution in [0, 0.1) is 6.92 Å². The average molecular weight is 429 g/mol. The Morgan fingerprint density at radius 2 is 1.84 bits per heavy atom. The molecule has 3 aromatic heterocycles. The minimum absolute atomic E-state index is 0.340. The third kappa shape index (κ3) is 4.25. The van der Waals surface area contributed by atoms with Crippen LogP contribution in [0.4, 0.5) is 19.0 Å². The Balaban J connectivity index is 1.73. The first-order valence-corrected chi connectivity index (χ1v) is 9.27. The first kappa shape index (κ1) is 20.5. The van der Waals surface area contributed by atoms with E-state index in [1.807, 2.05) is 13.0 Å². The highest BCUT2D eigenvalue weighted by Crippen LogP contribution is 2.29. The molecule has 0 spiro atoms. The molecule has 0 unspecified atom stereocenters. The number of benzene rings is 1. The highest BCUT2D eigenvalue weighted by molar-refractivity contribution is 5.90. The van der Waals surface area contributed by atoms with E-state index in [0.717, 1.165) is 18.0 Å². The normalized spacial score (nSPS) is 12.7. The molecule has 0 aliphatic carbocycles. The maximum Gasteiger partial charge on any atom is 0.451 e. The van der Waals surface area contributed by atoms with Crippen molar-refractivity contribution in [2.45, 2.75) is 26.1 Å². The number of nitrogens with one attached hydrogen (secondary N) is 1. The lowest BCUT2D eigenvalue weighted by Crippen LogP contribution is -2.14. The summed E-state index contributed by atoms with van der Waals surface area (Å²) < 4.78 is 45.0. The summed E-state index contributed by atoms with van der Waals surface area (Å²) in [6, 6.07) is 4.94. The molecule has 0 saturated carbocycles. The molecule has 0 bridgehead atoms. The van der Waals surface area contributed by atoms with Crippen LogP contribution < -0.4 is 10.1 Å². The molecule has 0 saturated heterocycles. The number of ether oxygens (including phenoxy) is 1. The molecule has 31 heavy (non-hydrogen) atoms. The summed E-state index contributed by atoms with van der Waals surface area (Å²) in [5.74, 6) is 0.277. The number of hydrogen-bond acceptors (Lipinski definition) is 7. The van der Waals surface area contributed by atoms with Gasteiger partial charge in [0.25, 0.3) is 5.95 Å². The van der Waals surface area contributed by atoms with Gasteiger partial charge < -0.3 is 10.1 Å². The van der Waals surface area contributed by atoms with E-state index in [4.69, 9.17) is 4.74 Å². The Morgan fingerprint density at radius 3 is 2.45 bits per heavy atom. The molecule has 8 nitrogen and oxygen atoms in total. The van der Waals surface area contributed by atoms with Crippen LogP contribution in [-0.4, -0.2) is 36.8 Å². The van der Waals surface area contributed by atoms with E-state index >= 15 is 0 Å². The van der Waals surface area contributed by atoms with Gasteiger partial charge in [0.15, 0.2) is 0 Å². The number of fused-ring (bicyclic) bond motifs is 1. The number of aryl methyl sites for hydroxylation is 1. The van der Waals surface area contributed by atoms with Crippen molar-refractivity contribution in [3.63, 3.8) is 0 Å². The summed E-state index contributed by atoms with van der Waals surface area (Å²) in [4.78, 5) is 16.0. The number of anilines is 1. The summed E-state index contributed by atoms with van der Waals surface area (Å²) in [6.45, 7) is 3.68. The van der Waals surface area contributed by atoms with Gasteiger partial charge in [0, 0.05) is 35.6 Å². The van der Waals surface area contributed by atoms with Gasteiger partial charge in [-0.25, -0.2) is 19.6 Å². The van der Waals surface area contributed by atoms with E-state index in [1.54, 1.807) is 43.2 Å². The quantitative estimate of drug-likeness (QED) is 0.510. The molecule has 3 heterocycles. The van der Waals surface area contributed by atoms with Crippen LogP contribution in [0.15, 0.2) is 43.0 Å². The van der Waals surface area contributed by atoms with Crippen LogP contribution in [0.3, 0.4) is 0 Å². The average Bonchev–Trinajstić information content (AvgIpc) is 3.19. The van der Waals surface area contributed by atoms with Gasteiger partial charge in [0.1, 0.15) is 11.6 Å². The maximum absolute atomic E-state index is 12.7. The number of rotatable bonds is 5. The molecule has 160 valence electrons. The fourth-order valence-electron chi connectivity index (χ4n) is 2.96. The lowest BCUT2D eigenvalue weighted by atomic mass is 10.1. The molecule has 0 radical (unpaired) electrons. The SMILES string of the molecule is COc1ccc2c(N[C@H](C)c3cnc(C(F)(F)F)nc3)nc(-n3cc(C)cn3)nc2c1. The standard InChI is InChI=1S/C20H18F3N7O/c1-11-7-26-30(10-11)19-28-16-6-14(31-3)4-5-15(16)17(29-19)27-12(2)13-8-24-18(25-9-13)20(21,22)23/h4-10,12H,1-3H3,(H,27,28,29)/t12-/m1/s1. The van der Waals surface area contributed by atoms with Gasteiger partial charge in [-0.15, -0.1) is 0 Å². The lowest BCUT2D eigenvalue weighted by Gasteiger charge is -2.17. The summed E-state index contributed by atoms with van der Waals surface area (Å²) in [6.07, 6.45) is 1.19. The van der Waals surface area contributed by atoms with Crippen molar-refractivity contribution in [3.05, 3.63) is 59.9 Å². The van der Waals surface area contributed by atoms with Gasteiger partial charge in [-0.05, 0) is 31.5 Å². The molecule has 1 atom stereocenters. The Bertz CT molecular complexity index is 1220. The molecule has 0 fully saturated rings. The smallest absolute Gasteiger partial charge is 0.451 e. The molecular formula is C20H18F3N7O. The number of methoxy groups -OCH3 is 1. The monoisotopic (exact) mass is 429 g/mol. The van der Waals surface area contributed by atoms with Crippen molar-refractivity contribution in [1.82, 2.24) is 29.7 Å². The Labute approximate surface area is 175 Å². The number of nitrogens with zero attached hydrogens (tertiary/aromatic N) is 6. The van der Waals surface area contributed by atoms with Gasteiger partial charge in [0.05, 0.1) is 24.9 Å². The molecule has 0 aliphatic rings. The molecule has 11 heteroatoms. The van der Waals surface area contributed by atoms with E-state index in [2.05, 4.69) is 30.4 Å². The van der Waals surface area contributed by atoms with Crippen molar-refractivity contribution in [2.75, 3.05) is 12.4 Å². The van der Waals surface area contributed by atoms with Gasteiger partial charge in [-0.3, -0.25) is 0 Å². The molecule has 4 rings (SSSR count). The summed E-state index contributed by atoms with van der Waals surface area (Å²) in [5, 5.41) is 8.19.